The minimum absolute atomic E-state index is 0.0416. The van der Waals surface area contributed by atoms with E-state index in [4.69, 9.17) is 20.9 Å². The van der Waals surface area contributed by atoms with Gasteiger partial charge in [-0.15, -0.1) is 0 Å². The summed E-state index contributed by atoms with van der Waals surface area (Å²) in [6.45, 7) is 0.136. The molecule has 1 atom stereocenters. The molecule has 9 nitrogen and oxygen atoms in total. The van der Waals surface area contributed by atoms with Crippen molar-refractivity contribution in [2.24, 2.45) is 0 Å². The second kappa shape index (κ2) is 8.49. The fourth-order valence-electron chi connectivity index (χ4n) is 4.13. The van der Waals surface area contributed by atoms with E-state index in [-0.39, 0.29) is 36.5 Å². The van der Waals surface area contributed by atoms with E-state index in [1.807, 2.05) is 4.90 Å². The maximum Gasteiger partial charge on any atom is 0.254 e. The first-order valence-electron chi connectivity index (χ1n) is 10.6. The topological polar surface area (TPSA) is 103 Å². The molecule has 1 aliphatic heterocycles. The van der Waals surface area contributed by atoms with Crippen molar-refractivity contribution >= 4 is 29.1 Å². The molecular formula is C23H21ClN4O5. The molecule has 1 aromatic heterocycles. The highest BCUT2D eigenvalue weighted by molar-refractivity contribution is 6.30. The number of hydrogen-bond acceptors (Lipinski definition) is 7. The molecule has 1 saturated heterocycles. The zero-order valence-corrected chi connectivity index (χ0v) is 18.6. The lowest BCUT2D eigenvalue weighted by molar-refractivity contribution is -0.678. The first-order chi connectivity index (χ1) is 16.0. The fraction of sp³-hybridized carbons (Fsp3) is 0.304. The summed E-state index contributed by atoms with van der Waals surface area (Å²) in [5, 5.41) is 16.9. The van der Waals surface area contributed by atoms with E-state index in [0.29, 0.717) is 22.1 Å². The van der Waals surface area contributed by atoms with Crippen LogP contribution in [-0.2, 0) is 16.1 Å². The summed E-state index contributed by atoms with van der Waals surface area (Å²) in [6, 6.07) is 13.1. The number of halogens is 1. The van der Waals surface area contributed by atoms with Crippen LogP contribution in [0.2, 0.25) is 5.02 Å². The molecule has 170 valence electrons. The number of aromatic nitrogens is 2. The highest BCUT2D eigenvalue weighted by atomic mass is 35.5. The van der Waals surface area contributed by atoms with Gasteiger partial charge in [0.15, 0.2) is 5.95 Å². The lowest BCUT2D eigenvalue weighted by Gasteiger charge is -2.25. The molecule has 1 aliphatic carbocycles. The Hall–Kier alpha value is -3.43. The van der Waals surface area contributed by atoms with Gasteiger partial charge in [-0.2, -0.15) is 0 Å². The van der Waals surface area contributed by atoms with Gasteiger partial charge < -0.3 is 14.4 Å². The number of methoxy groups -OCH3 is 1. The van der Waals surface area contributed by atoms with E-state index < -0.39 is 12.0 Å². The van der Waals surface area contributed by atoms with Crippen LogP contribution in [0.1, 0.15) is 25.0 Å². The van der Waals surface area contributed by atoms with E-state index in [1.165, 1.54) is 9.58 Å². The molecule has 2 aromatic carbocycles. The summed E-state index contributed by atoms with van der Waals surface area (Å²) in [5.41, 5.74) is 1.40. The van der Waals surface area contributed by atoms with Crippen LogP contribution in [0.4, 0.5) is 5.69 Å². The third-order valence-electron chi connectivity index (χ3n) is 5.97. The van der Waals surface area contributed by atoms with Crippen molar-refractivity contribution in [2.75, 3.05) is 12.0 Å². The van der Waals surface area contributed by atoms with Crippen molar-refractivity contribution in [2.45, 2.75) is 37.9 Å². The normalized spacial score (nSPS) is 18.4. The molecule has 0 radical (unpaired) electrons. The third kappa shape index (κ3) is 4.05. The van der Waals surface area contributed by atoms with Crippen molar-refractivity contribution in [3.63, 3.8) is 0 Å². The fourth-order valence-corrected chi connectivity index (χ4v) is 4.26. The molecule has 0 N–H and O–H groups in total. The van der Waals surface area contributed by atoms with E-state index in [0.717, 1.165) is 12.8 Å². The summed E-state index contributed by atoms with van der Waals surface area (Å²) in [5.74, 6) is -0.505. The maximum absolute atomic E-state index is 13.3. The van der Waals surface area contributed by atoms with Crippen LogP contribution in [0.15, 0.2) is 53.1 Å². The number of amides is 2. The molecule has 1 saturated carbocycles. The third-order valence-corrected chi connectivity index (χ3v) is 6.22. The van der Waals surface area contributed by atoms with Crippen molar-refractivity contribution < 1.29 is 28.6 Å². The van der Waals surface area contributed by atoms with Gasteiger partial charge in [-0.1, -0.05) is 11.6 Å². The average molecular weight is 469 g/mol. The molecule has 2 aliphatic rings. The largest absolute Gasteiger partial charge is 0.539 e. The lowest BCUT2D eigenvalue weighted by Crippen LogP contribution is -2.46. The number of benzene rings is 2. The van der Waals surface area contributed by atoms with Crippen molar-refractivity contribution in [3.8, 4) is 17.4 Å². The first kappa shape index (κ1) is 21.4. The van der Waals surface area contributed by atoms with Crippen molar-refractivity contribution in [3.05, 3.63) is 59.2 Å². The number of carbonyl (C=O) groups excluding carboxylic acids is 2. The van der Waals surface area contributed by atoms with E-state index in [1.54, 1.807) is 55.6 Å². The molecule has 2 amide bonds. The predicted octanol–water partition coefficient (Wildman–Crippen LogP) is 1.98. The number of nitrogens with zero attached hydrogens (tertiary/aromatic N) is 4. The number of ether oxygens (including phenoxy) is 1. The highest BCUT2D eigenvalue weighted by Crippen LogP contribution is 2.35. The Bertz CT molecular complexity index is 1190. The quantitative estimate of drug-likeness (QED) is 0.386. The van der Waals surface area contributed by atoms with E-state index in [2.05, 4.69) is 5.27 Å². The van der Waals surface area contributed by atoms with E-state index >= 15 is 0 Å². The van der Waals surface area contributed by atoms with Crippen molar-refractivity contribution in [1.82, 2.24) is 10.2 Å². The zero-order valence-electron chi connectivity index (χ0n) is 17.8. The van der Waals surface area contributed by atoms with Gasteiger partial charge in [-0.25, -0.2) is 4.90 Å². The Morgan fingerprint density at radius 1 is 1.18 bits per heavy atom. The van der Waals surface area contributed by atoms with Gasteiger partial charge in [0.25, 0.3) is 11.6 Å². The minimum Gasteiger partial charge on any atom is -0.539 e. The molecule has 2 fully saturated rings. The van der Waals surface area contributed by atoms with Crippen LogP contribution < -0.4 is 19.4 Å². The lowest BCUT2D eigenvalue weighted by atomic mass is 10.2. The van der Waals surface area contributed by atoms with Gasteiger partial charge in [0.2, 0.25) is 11.6 Å². The minimum atomic E-state index is -0.667. The summed E-state index contributed by atoms with van der Waals surface area (Å²) in [7, 11) is 1.57. The van der Waals surface area contributed by atoms with Gasteiger partial charge in [0, 0.05) is 23.2 Å². The Labute approximate surface area is 194 Å². The standard InChI is InChI=1S/C23H21ClN4O5/c1-32-18-10-8-17(9-11-18)28-20(23(31)33-25-28)13-26(15-6-7-15)19-12-21(29)27(22(19)30)16-4-2-14(24)3-5-16/h2-5,8-11,15,19H,6-7,12-13H2,1H3. The number of hydrogen-bond donors (Lipinski definition) is 0. The Kier molecular flexibility index (Phi) is 5.51. The smallest absolute Gasteiger partial charge is 0.254 e. The van der Waals surface area contributed by atoms with Crippen LogP contribution in [0, 0.1) is 0 Å². The SMILES string of the molecule is COc1ccc(-[n+]2noc([O-])c2CN(C2CC2)C2CC(=O)N(c3ccc(Cl)cc3)C2=O)cc1. The Morgan fingerprint density at radius 3 is 2.52 bits per heavy atom. The van der Waals surface area contributed by atoms with Gasteiger partial charge in [0.05, 0.1) is 37.1 Å². The molecular weight excluding hydrogens is 448 g/mol. The number of imide groups is 1. The summed E-state index contributed by atoms with van der Waals surface area (Å²) in [6.07, 6.45) is 1.82. The molecule has 10 heteroatoms. The molecule has 0 bridgehead atoms. The molecule has 33 heavy (non-hydrogen) atoms. The van der Waals surface area contributed by atoms with Crippen LogP contribution in [0.5, 0.6) is 11.7 Å². The van der Waals surface area contributed by atoms with Crippen LogP contribution in [-0.4, -0.2) is 41.2 Å². The van der Waals surface area contributed by atoms with Crippen LogP contribution >= 0.6 is 11.6 Å². The molecule has 1 unspecified atom stereocenters. The Morgan fingerprint density at radius 2 is 1.88 bits per heavy atom. The summed E-state index contributed by atoms with van der Waals surface area (Å²) < 4.78 is 11.6. The van der Waals surface area contributed by atoms with Gasteiger partial charge in [-0.05, 0) is 53.9 Å². The number of carbonyl (C=O) groups is 2. The molecule has 2 heterocycles. The second-order valence-corrected chi connectivity index (χ2v) is 8.52. The summed E-state index contributed by atoms with van der Waals surface area (Å²) >= 11 is 5.95. The molecule has 3 aromatic rings. The maximum atomic E-state index is 13.3. The van der Waals surface area contributed by atoms with Gasteiger partial charge >= 0.3 is 0 Å². The second-order valence-electron chi connectivity index (χ2n) is 8.08. The van der Waals surface area contributed by atoms with Crippen molar-refractivity contribution in [1.29, 1.82) is 0 Å². The molecule has 0 spiro atoms. The average Bonchev–Trinajstić information content (AvgIpc) is 3.54. The van der Waals surface area contributed by atoms with Gasteiger partial charge in [0.1, 0.15) is 5.75 Å². The van der Waals surface area contributed by atoms with Crippen LogP contribution in [0.25, 0.3) is 5.69 Å². The first-order valence-corrected chi connectivity index (χ1v) is 10.9. The van der Waals surface area contributed by atoms with Crippen LogP contribution in [0.3, 0.4) is 0 Å². The highest BCUT2D eigenvalue weighted by Gasteiger charge is 2.48. The summed E-state index contributed by atoms with van der Waals surface area (Å²) in [4.78, 5) is 29.2. The molecule has 5 rings (SSSR count). The van der Waals surface area contributed by atoms with Gasteiger partial charge in [-0.3, -0.25) is 14.5 Å². The Balaban J connectivity index is 1.43. The van der Waals surface area contributed by atoms with E-state index in [9.17, 15) is 14.7 Å². The number of rotatable bonds is 7. The monoisotopic (exact) mass is 468 g/mol. The predicted molar refractivity (Wildman–Crippen MR) is 115 cm³/mol. The number of anilines is 1. The zero-order chi connectivity index (χ0) is 23.1.